The van der Waals surface area contributed by atoms with Crippen LogP contribution >= 0.6 is 0 Å². The molecule has 0 spiro atoms. The van der Waals surface area contributed by atoms with Gasteiger partial charge in [0.15, 0.2) is 11.9 Å². The maximum atomic E-state index is 13.9. The molecule has 1 aliphatic rings. The van der Waals surface area contributed by atoms with E-state index in [0.29, 0.717) is 34.4 Å². The van der Waals surface area contributed by atoms with Gasteiger partial charge in [0.1, 0.15) is 36.9 Å². The second kappa shape index (κ2) is 20.4. The van der Waals surface area contributed by atoms with E-state index in [1.54, 1.807) is 26.8 Å². The molecule has 0 N–H and O–H groups in total. The number of carbonyl (C=O) groups excluding carboxylic acids is 7. The van der Waals surface area contributed by atoms with Crippen molar-refractivity contribution in [3.63, 3.8) is 0 Å². The van der Waals surface area contributed by atoms with Crippen LogP contribution in [0.5, 0.6) is 17.2 Å². The fourth-order valence-electron chi connectivity index (χ4n) is 6.54. The highest BCUT2D eigenvalue weighted by atomic mass is 16.6. The van der Waals surface area contributed by atoms with E-state index in [1.165, 1.54) is 28.1 Å². The number of benzene rings is 2. The standard InChI is InChI=1S/C42H52O15/c1-23(12-14-33(45)50-9)11-13-30-39(51-10)26(4)31-22-54-41(49)37(31)40(30)57-36(48)19-42(7,8)38-25(3)17-24(2)18-32(38)56-35(47)16-15-34(46)55-29(20-52-27(5)43)21-53-28(6)44/h11,17-18,29H,12-16,19-22H2,1-10H3/b23-11+. The van der Waals surface area contributed by atoms with Crippen LogP contribution in [0.3, 0.4) is 0 Å². The summed E-state index contributed by atoms with van der Waals surface area (Å²) >= 11 is 0. The molecule has 2 aromatic rings. The molecule has 0 aromatic heterocycles. The summed E-state index contributed by atoms with van der Waals surface area (Å²) in [5.74, 6) is -3.84. The molecule has 1 heterocycles. The Kier molecular flexibility index (Phi) is 16.4. The van der Waals surface area contributed by atoms with Crippen LogP contribution in [0.2, 0.25) is 0 Å². The maximum absolute atomic E-state index is 13.9. The van der Waals surface area contributed by atoms with Gasteiger partial charge < -0.3 is 37.9 Å². The topological polar surface area (TPSA) is 193 Å². The molecule has 310 valence electrons. The first-order chi connectivity index (χ1) is 26.8. The lowest BCUT2D eigenvalue weighted by atomic mass is 9.78. The second-order valence-electron chi connectivity index (χ2n) is 14.4. The number of aryl methyl sites for hydroxylation is 2. The first kappa shape index (κ1) is 45.7. The SMILES string of the molecule is COC(=O)CC/C(C)=C/Cc1c(OC)c(C)c2c(c1OC(=O)CC(C)(C)c1c(C)cc(C)cc1OC(=O)CCC(=O)OC(COC(C)=O)COC(C)=O)C(=O)OC2. The third-order valence-corrected chi connectivity index (χ3v) is 9.15. The average molecular weight is 797 g/mol. The van der Waals surface area contributed by atoms with Crippen molar-refractivity contribution in [2.45, 2.75) is 112 Å². The van der Waals surface area contributed by atoms with Gasteiger partial charge in [0.2, 0.25) is 0 Å². The molecule has 0 fully saturated rings. The lowest BCUT2D eigenvalue weighted by molar-refractivity contribution is -0.165. The van der Waals surface area contributed by atoms with E-state index in [1.807, 2.05) is 32.9 Å². The van der Waals surface area contributed by atoms with Gasteiger partial charge >= 0.3 is 41.8 Å². The van der Waals surface area contributed by atoms with Crippen molar-refractivity contribution in [3.8, 4) is 17.2 Å². The van der Waals surface area contributed by atoms with Crippen molar-refractivity contribution in [1.82, 2.24) is 0 Å². The third-order valence-electron chi connectivity index (χ3n) is 9.15. The average Bonchev–Trinajstić information content (AvgIpc) is 3.51. The van der Waals surface area contributed by atoms with Gasteiger partial charge in [0.25, 0.3) is 0 Å². The first-order valence-corrected chi connectivity index (χ1v) is 18.4. The molecule has 0 atom stereocenters. The lowest BCUT2D eigenvalue weighted by Crippen LogP contribution is -2.30. The largest absolute Gasteiger partial charge is 0.496 e. The molecule has 0 amide bonds. The van der Waals surface area contributed by atoms with Gasteiger partial charge in [-0.25, -0.2) is 4.79 Å². The summed E-state index contributed by atoms with van der Waals surface area (Å²) in [5, 5.41) is 0. The number of allylic oxidation sites excluding steroid dienone is 2. The minimum absolute atomic E-state index is 0.0150. The van der Waals surface area contributed by atoms with E-state index in [-0.39, 0.29) is 75.0 Å². The van der Waals surface area contributed by atoms with Gasteiger partial charge in [0, 0.05) is 42.4 Å². The van der Waals surface area contributed by atoms with E-state index in [4.69, 9.17) is 37.9 Å². The van der Waals surface area contributed by atoms with Crippen molar-refractivity contribution in [2.24, 2.45) is 0 Å². The molecule has 57 heavy (non-hydrogen) atoms. The van der Waals surface area contributed by atoms with E-state index >= 15 is 0 Å². The molecule has 0 radical (unpaired) electrons. The molecule has 2 aromatic carbocycles. The Bertz CT molecular complexity index is 1900. The Morgan fingerprint density at radius 2 is 1.42 bits per heavy atom. The van der Waals surface area contributed by atoms with Crippen LogP contribution in [0.4, 0.5) is 0 Å². The number of ether oxygens (including phenoxy) is 8. The van der Waals surface area contributed by atoms with Crippen molar-refractivity contribution in [3.05, 3.63) is 62.7 Å². The Morgan fingerprint density at radius 3 is 2.02 bits per heavy atom. The number of methoxy groups -OCH3 is 2. The summed E-state index contributed by atoms with van der Waals surface area (Å²) in [6, 6.07) is 3.53. The molecule has 0 saturated heterocycles. The quantitative estimate of drug-likeness (QED) is 0.0724. The van der Waals surface area contributed by atoms with E-state index in [9.17, 15) is 33.6 Å². The van der Waals surface area contributed by atoms with Crippen LogP contribution in [-0.4, -0.2) is 75.3 Å². The lowest BCUT2D eigenvalue weighted by Gasteiger charge is -2.29. The van der Waals surface area contributed by atoms with E-state index in [0.717, 1.165) is 16.7 Å². The number of rotatable bonds is 19. The predicted octanol–water partition coefficient (Wildman–Crippen LogP) is 5.73. The zero-order chi connectivity index (χ0) is 42.6. The molecule has 15 heteroatoms. The van der Waals surface area contributed by atoms with Crippen LogP contribution in [-0.2, 0) is 70.9 Å². The summed E-state index contributed by atoms with van der Waals surface area (Å²) in [6.45, 7) is 12.5. The van der Waals surface area contributed by atoms with Crippen LogP contribution in [0.25, 0.3) is 0 Å². The van der Waals surface area contributed by atoms with Crippen molar-refractivity contribution in [1.29, 1.82) is 0 Å². The van der Waals surface area contributed by atoms with Crippen molar-refractivity contribution in [2.75, 3.05) is 27.4 Å². The van der Waals surface area contributed by atoms with Gasteiger partial charge in [-0.1, -0.05) is 31.6 Å². The highest BCUT2D eigenvalue weighted by Gasteiger charge is 2.36. The molecule has 0 saturated carbocycles. The highest BCUT2D eigenvalue weighted by molar-refractivity contribution is 5.99. The fourth-order valence-corrected chi connectivity index (χ4v) is 6.54. The van der Waals surface area contributed by atoms with E-state index < -0.39 is 47.3 Å². The monoisotopic (exact) mass is 796 g/mol. The normalized spacial score (nSPS) is 12.3. The van der Waals surface area contributed by atoms with Crippen LogP contribution in [0, 0.1) is 20.8 Å². The zero-order valence-corrected chi connectivity index (χ0v) is 34.3. The highest BCUT2D eigenvalue weighted by Crippen LogP contribution is 2.44. The zero-order valence-electron chi connectivity index (χ0n) is 34.3. The summed E-state index contributed by atoms with van der Waals surface area (Å²) < 4.78 is 42.8. The molecule has 1 aliphatic heterocycles. The molecule has 0 aliphatic carbocycles. The smallest absolute Gasteiger partial charge is 0.342 e. The van der Waals surface area contributed by atoms with Crippen LogP contribution < -0.4 is 14.2 Å². The summed E-state index contributed by atoms with van der Waals surface area (Å²) in [7, 11) is 2.81. The molecular weight excluding hydrogens is 744 g/mol. The molecular formula is C42H52O15. The number of esters is 7. The Hall–Kier alpha value is -5.73. The van der Waals surface area contributed by atoms with Crippen LogP contribution in [0.1, 0.15) is 110 Å². The van der Waals surface area contributed by atoms with Crippen LogP contribution in [0.15, 0.2) is 23.8 Å². The Balaban J connectivity index is 1.85. The maximum Gasteiger partial charge on any atom is 0.342 e. The van der Waals surface area contributed by atoms with Gasteiger partial charge in [-0.15, -0.1) is 0 Å². The number of carbonyl (C=O) groups is 7. The molecule has 0 bridgehead atoms. The third kappa shape index (κ3) is 12.9. The second-order valence-corrected chi connectivity index (χ2v) is 14.4. The Morgan fingerprint density at radius 1 is 0.807 bits per heavy atom. The van der Waals surface area contributed by atoms with Gasteiger partial charge in [-0.05, 0) is 63.3 Å². The Labute approximate surface area is 332 Å². The molecule has 15 nitrogen and oxygen atoms in total. The number of hydrogen-bond acceptors (Lipinski definition) is 15. The summed E-state index contributed by atoms with van der Waals surface area (Å²) in [5.41, 5.74) is 3.74. The van der Waals surface area contributed by atoms with E-state index in [2.05, 4.69) is 0 Å². The minimum Gasteiger partial charge on any atom is -0.496 e. The predicted molar refractivity (Wildman–Crippen MR) is 203 cm³/mol. The molecule has 3 rings (SSSR count). The summed E-state index contributed by atoms with van der Waals surface area (Å²) in [6.07, 6.45) is 0.652. The van der Waals surface area contributed by atoms with Gasteiger partial charge in [-0.3, -0.25) is 28.8 Å². The van der Waals surface area contributed by atoms with Gasteiger partial charge in [-0.2, -0.15) is 0 Å². The first-order valence-electron chi connectivity index (χ1n) is 18.4. The minimum atomic E-state index is -1.07. The van der Waals surface area contributed by atoms with Crippen molar-refractivity contribution < 1.29 is 71.5 Å². The number of cyclic esters (lactones) is 1. The molecule has 0 unspecified atom stereocenters. The number of fused-ring (bicyclic) bond motifs is 1. The summed E-state index contributed by atoms with van der Waals surface area (Å²) in [4.78, 5) is 86.9. The van der Waals surface area contributed by atoms with Gasteiger partial charge in [0.05, 0.1) is 33.5 Å². The number of hydrogen-bond donors (Lipinski definition) is 0. The van der Waals surface area contributed by atoms with Crippen molar-refractivity contribution >= 4 is 41.8 Å². The fraction of sp³-hybridized carbons (Fsp3) is 0.500.